The summed E-state index contributed by atoms with van der Waals surface area (Å²) in [4.78, 5) is 0.146. The highest BCUT2D eigenvalue weighted by Gasteiger charge is 2.12. The molecular formula is C11H11NO3S. The van der Waals surface area contributed by atoms with Crippen molar-refractivity contribution in [1.82, 2.24) is 0 Å². The van der Waals surface area contributed by atoms with Crippen molar-refractivity contribution < 1.29 is 12.6 Å². The third kappa shape index (κ3) is 1.87. The van der Waals surface area contributed by atoms with E-state index in [1.54, 1.807) is 30.3 Å². The topological polar surface area (TPSA) is 69.4 Å². The number of hydrogen-bond acceptors (Lipinski definition) is 4. The minimum absolute atomic E-state index is 0.146. The quantitative estimate of drug-likeness (QED) is 0.638. The number of fused-ring (bicyclic) bond motifs is 1. The van der Waals surface area contributed by atoms with E-state index in [2.05, 4.69) is 4.18 Å². The van der Waals surface area contributed by atoms with Crippen LogP contribution >= 0.6 is 0 Å². The standard InChI is InChI=1S/C11H11NO3S/c1-15-16(13,14)11-5-3-8-6-10(12)4-2-9(8)7-11/h2-7H,12H2,1H3. The Labute approximate surface area is 93.8 Å². The monoisotopic (exact) mass is 237 g/mol. The molecule has 2 aromatic carbocycles. The summed E-state index contributed by atoms with van der Waals surface area (Å²) in [5.74, 6) is 0. The summed E-state index contributed by atoms with van der Waals surface area (Å²) in [5.41, 5.74) is 6.28. The maximum Gasteiger partial charge on any atom is 0.296 e. The zero-order valence-electron chi connectivity index (χ0n) is 8.67. The molecule has 0 bridgehead atoms. The van der Waals surface area contributed by atoms with Gasteiger partial charge in [-0.05, 0) is 35.0 Å². The number of anilines is 1. The van der Waals surface area contributed by atoms with E-state index >= 15 is 0 Å². The van der Waals surface area contributed by atoms with E-state index < -0.39 is 10.1 Å². The summed E-state index contributed by atoms with van der Waals surface area (Å²) in [6.45, 7) is 0. The van der Waals surface area contributed by atoms with Crippen LogP contribution in [0.25, 0.3) is 10.8 Å². The van der Waals surface area contributed by atoms with E-state index in [0.717, 1.165) is 17.9 Å². The van der Waals surface area contributed by atoms with Crippen molar-refractivity contribution in [1.29, 1.82) is 0 Å². The average Bonchev–Trinajstić information content (AvgIpc) is 2.28. The first kappa shape index (κ1) is 10.9. The molecule has 4 nitrogen and oxygen atoms in total. The van der Waals surface area contributed by atoms with Gasteiger partial charge in [0.15, 0.2) is 0 Å². The molecule has 2 N–H and O–H groups in total. The highest BCUT2D eigenvalue weighted by atomic mass is 32.2. The van der Waals surface area contributed by atoms with Crippen molar-refractivity contribution in [2.24, 2.45) is 0 Å². The Morgan fingerprint density at radius 2 is 1.69 bits per heavy atom. The fourth-order valence-electron chi connectivity index (χ4n) is 1.49. The predicted octanol–water partition coefficient (Wildman–Crippen LogP) is 1.76. The molecule has 0 aliphatic carbocycles. The van der Waals surface area contributed by atoms with Gasteiger partial charge in [-0.3, -0.25) is 4.18 Å². The van der Waals surface area contributed by atoms with E-state index in [-0.39, 0.29) is 4.90 Å². The molecule has 0 aromatic heterocycles. The van der Waals surface area contributed by atoms with Crippen molar-refractivity contribution in [3.63, 3.8) is 0 Å². The molecule has 0 amide bonds. The van der Waals surface area contributed by atoms with Crippen molar-refractivity contribution in [3.05, 3.63) is 36.4 Å². The van der Waals surface area contributed by atoms with Crippen LogP contribution in [0.5, 0.6) is 0 Å². The molecule has 84 valence electrons. The minimum atomic E-state index is -3.63. The molecular weight excluding hydrogens is 226 g/mol. The van der Waals surface area contributed by atoms with Crippen LogP contribution in [-0.2, 0) is 14.3 Å². The van der Waals surface area contributed by atoms with Gasteiger partial charge in [-0.25, -0.2) is 0 Å². The van der Waals surface area contributed by atoms with E-state index in [1.807, 2.05) is 0 Å². The summed E-state index contributed by atoms with van der Waals surface area (Å²) in [6, 6.07) is 10.1. The number of benzene rings is 2. The molecule has 16 heavy (non-hydrogen) atoms. The molecule has 0 saturated heterocycles. The van der Waals surface area contributed by atoms with Crippen LogP contribution in [0.15, 0.2) is 41.3 Å². The molecule has 2 rings (SSSR count). The Kier molecular flexibility index (Phi) is 2.57. The van der Waals surface area contributed by atoms with Crippen LogP contribution in [0.1, 0.15) is 0 Å². The second-order valence-corrected chi connectivity index (χ2v) is 5.10. The fraction of sp³-hybridized carbons (Fsp3) is 0.0909. The van der Waals surface area contributed by atoms with Crippen LogP contribution in [0.4, 0.5) is 5.69 Å². The lowest BCUT2D eigenvalue weighted by molar-refractivity contribution is 0.398. The SMILES string of the molecule is COS(=O)(=O)c1ccc2cc(N)ccc2c1. The summed E-state index contributed by atoms with van der Waals surface area (Å²) >= 11 is 0. The Hall–Kier alpha value is -1.59. The molecule has 0 fully saturated rings. The van der Waals surface area contributed by atoms with Crippen LogP contribution in [0, 0.1) is 0 Å². The molecule has 0 saturated carbocycles. The Morgan fingerprint density at radius 1 is 1.06 bits per heavy atom. The van der Waals surface area contributed by atoms with Gasteiger partial charge < -0.3 is 5.73 Å². The van der Waals surface area contributed by atoms with Gasteiger partial charge in [-0.15, -0.1) is 0 Å². The number of rotatable bonds is 2. The van der Waals surface area contributed by atoms with Crippen LogP contribution in [0.2, 0.25) is 0 Å². The molecule has 2 aromatic rings. The van der Waals surface area contributed by atoms with E-state index in [9.17, 15) is 8.42 Å². The Bertz CT molecular complexity index is 635. The third-order valence-corrected chi connectivity index (χ3v) is 3.61. The molecule has 0 atom stereocenters. The normalized spacial score (nSPS) is 11.8. The zero-order chi connectivity index (χ0) is 11.8. The molecule has 0 radical (unpaired) electrons. The van der Waals surface area contributed by atoms with Gasteiger partial charge in [0, 0.05) is 5.69 Å². The second-order valence-electron chi connectivity index (χ2n) is 3.39. The lowest BCUT2D eigenvalue weighted by Gasteiger charge is -2.04. The van der Waals surface area contributed by atoms with E-state index in [1.165, 1.54) is 6.07 Å². The molecule has 0 heterocycles. The van der Waals surface area contributed by atoms with Crippen molar-refractivity contribution >= 4 is 26.6 Å². The maximum atomic E-state index is 11.5. The number of hydrogen-bond donors (Lipinski definition) is 1. The van der Waals surface area contributed by atoms with Crippen LogP contribution < -0.4 is 5.73 Å². The van der Waals surface area contributed by atoms with Gasteiger partial charge in [0.05, 0.1) is 12.0 Å². The maximum absolute atomic E-state index is 11.5. The second kappa shape index (κ2) is 3.77. The molecule has 0 aliphatic heterocycles. The van der Waals surface area contributed by atoms with Crippen LogP contribution in [0.3, 0.4) is 0 Å². The smallest absolute Gasteiger partial charge is 0.296 e. The lowest BCUT2D eigenvalue weighted by atomic mass is 10.1. The minimum Gasteiger partial charge on any atom is -0.399 e. The Balaban J connectivity index is 2.66. The zero-order valence-corrected chi connectivity index (χ0v) is 9.49. The Morgan fingerprint density at radius 3 is 2.38 bits per heavy atom. The fourth-order valence-corrected chi connectivity index (χ4v) is 2.19. The van der Waals surface area contributed by atoms with E-state index in [0.29, 0.717) is 5.69 Å². The largest absolute Gasteiger partial charge is 0.399 e. The molecule has 0 aliphatic rings. The van der Waals surface area contributed by atoms with Gasteiger partial charge in [0.25, 0.3) is 10.1 Å². The van der Waals surface area contributed by atoms with Crippen LogP contribution in [-0.4, -0.2) is 15.5 Å². The van der Waals surface area contributed by atoms with Crippen molar-refractivity contribution in [3.8, 4) is 0 Å². The highest BCUT2D eigenvalue weighted by Crippen LogP contribution is 2.22. The predicted molar refractivity (Wildman–Crippen MR) is 62.6 cm³/mol. The highest BCUT2D eigenvalue weighted by molar-refractivity contribution is 7.86. The summed E-state index contributed by atoms with van der Waals surface area (Å²) in [5, 5.41) is 1.71. The third-order valence-electron chi connectivity index (χ3n) is 2.34. The first-order chi connectivity index (χ1) is 7.53. The van der Waals surface area contributed by atoms with Crippen molar-refractivity contribution in [2.75, 3.05) is 12.8 Å². The summed E-state index contributed by atoms with van der Waals surface area (Å²) in [6.07, 6.45) is 0. The molecule has 0 unspecified atom stereocenters. The van der Waals surface area contributed by atoms with Gasteiger partial charge in [0.1, 0.15) is 0 Å². The number of nitrogen functional groups attached to an aromatic ring is 1. The first-order valence-corrected chi connectivity index (χ1v) is 6.04. The first-order valence-electron chi connectivity index (χ1n) is 4.63. The summed E-state index contributed by atoms with van der Waals surface area (Å²) < 4.78 is 27.4. The summed E-state index contributed by atoms with van der Waals surface area (Å²) in [7, 11) is -2.49. The van der Waals surface area contributed by atoms with Crippen molar-refractivity contribution in [2.45, 2.75) is 4.90 Å². The van der Waals surface area contributed by atoms with E-state index in [4.69, 9.17) is 5.73 Å². The molecule has 5 heteroatoms. The van der Waals surface area contributed by atoms with Gasteiger partial charge in [-0.2, -0.15) is 8.42 Å². The lowest BCUT2D eigenvalue weighted by Crippen LogP contribution is -2.02. The van der Waals surface area contributed by atoms with Gasteiger partial charge in [-0.1, -0.05) is 12.1 Å². The van der Waals surface area contributed by atoms with Gasteiger partial charge in [0.2, 0.25) is 0 Å². The van der Waals surface area contributed by atoms with Gasteiger partial charge >= 0.3 is 0 Å². The molecule has 0 spiro atoms. The number of nitrogens with two attached hydrogens (primary N) is 1. The average molecular weight is 237 g/mol.